The van der Waals surface area contributed by atoms with Gasteiger partial charge < -0.3 is 10.2 Å². The summed E-state index contributed by atoms with van der Waals surface area (Å²) in [5.74, 6) is 0.291. The van der Waals surface area contributed by atoms with Crippen molar-refractivity contribution in [3.63, 3.8) is 0 Å². The molecule has 0 radical (unpaired) electrons. The van der Waals surface area contributed by atoms with Gasteiger partial charge in [-0.3, -0.25) is 4.79 Å². The molecule has 0 unspecified atom stereocenters. The SMILES string of the molecule is Cc1cccc2c1[C@@]1(CCCNC1)C(=O)N2C(C)C. The summed E-state index contributed by atoms with van der Waals surface area (Å²) in [6.45, 7) is 8.13. The summed E-state index contributed by atoms with van der Waals surface area (Å²) in [6, 6.07) is 6.51. The molecule has 19 heavy (non-hydrogen) atoms. The maximum Gasteiger partial charge on any atom is 0.239 e. The molecule has 1 spiro atoms. The number of benzene rings is 1. The summed E-state index contributed by atoms with van der Waals surface area (Å²) in [4.78, 5) is 15.0. The molecular weight excluding hydrogens is 236 g/mol. The first-order valence-electron chi connectivity index (χ1n) is 7.22. The van der Waals surface area contributed by atoms with Crippen LogP contribution in [0.15, 0.2) is 18.2 Å². The third-order valence-corrected chi connectivity index (χ3v) is 4.52. The van der Waals surface area contributed by atoms with Gasteiger partial charge in [0.05, 0.1) is 5.41 Å². The van der Waals surface area contributed by atoms with E-state index in [0.717, 1.165) is 31.6 Å². The second-order valence-corrected chi connectivity index (χ2v) is 6.10. The van der Waals surface area contributed by atoms with Gasteiger partial charge in [0.15, 0.2) is 0 Å². The Balaban J connectivity index is 2.21. The molecular formula is C16H22N2O. The lowest BCUT2D eigenvalue weighted by atomic mass is 9.74. The van der Waals surface area contributed by atoms with Crippen molar-refractivity contribution in [2.75, 3.05) is 18.0 Å². The zero-order valence-electron chi connectivity index (χ0n) is 12.0. The van der Waals surface area contributed by atoms with Crippen LogP contribution in [0, 0.1) is 6.92 Å². The molecule has 1 N–H and O–H groups in total. The zero-order valence-corrected chi connectivity index (χ0v) is 12.0. The Bertz CT molecular complexity index is 515. The van der Waals surface area contributed by atoms with E-state index in [1.807, 2.05) is 4.90 Å². The Morgan fingerprint density at radius 1 is 1.37 bits per heavy atom. The molecule has 3 rings (SSSR count). The van der Waals surface area contributed by atoms with Crippen molar-refractivity contribution >= 4 is 11.6 Å². The molecule has 1 fully saturated rings. The quantitative estimate of drug-likeness (QED) is 0.838. The van der Waals surface area contributed by atoms with Gasteiger partial charge in [-0.1, -0.05) is 12.1 Å². The minimum Gasteiger partial charge on any atom is -0.315 e. The van der Waals surface area contributed by atoms with E-state index in [2.05, 4.69) is 44.3 Å². The molecule has 1 atom stereocenters. The number of nitrogens with zero attached hydrogens (tertiary/aromatic N) is 1. The van der Waals surface area contributed by atoms with E-state index in [-0.39, 0.29) is 11.5 Å². The van der Waals surface area contributed by atoms with Crippen LogP contribution in [0.1, 0.15) is 37.8 Å². The molecule has 2 heterocycles. The number of aryl methyl sites for hydroxylation is 1. The van der Waals surface area contributed by atoms with Crippen LogP contribution in [0.25, 0.3) is 0 Å². The normalized spacial score (nSPS) is 26.3. The lowest BCUT2D eigenvalue weighted by Gasteiger charge is -2.34. The van der Waals surface area contributed by atoms with Crippen LogP contribution in [0.3, 0.4) is 0 Å². The molecule has 102 valence electrons. The minimum atomic E-state index is -0.316. The van der Waals surface area contributed by atoms with E-state index in [4.69, 9.17) is 0 Å². The van der Waals surface area contributed by atoms with E-state index in [9.17, 15) is 4.79 Å². The number of carbonyl (C=O) groups is 1. The number of anilines is 1. The summed E-state index contributed by atoms with van der Waals surface area (Å²) in [7, 11) is 0. The molecule has 1 aromatic rings. The van der Waals surface area contributed by atoms with Gasteiger partial charge in [-0.15, -0.1) is 0 Å². The molecule has 0 bridgehead atoms. The van der Waals surface area contributed by atoms with E-state index in [0.29, 0.717) is 5.91 Å². The number of hydrogen-bond acceptors (Lipinski definition) is 2. The third kappa shape index (κ3) is 1.64. The van der Waals surface area contributed by atoms with Crippen molar-refractivity contribution in [1.82, 2.24) is 5.32 Å². The summed E-state index contributed by atoms with van der Waals surface area (Å²) in [6.07, 6.45) is 2.05. The number of amides is 1. The van der Waals surface area contributed by atoms with E-state index in [1.165, 1.54) is 11.1 Å². The summed E-state index contributed by atoms with van der Waals surface area (Å²) < 4.78 is 0. The van der Waals surface area contributed by atoms with Crippen LogP contribution in [-0.2, 0) is 10.2 Å². The van der Waals surface area contributed by atoms with Crippen molar-refractivity contribution in [1.29, 1.82) is 0 Å². The van der Waals surface area contributed by atoms with E-state index < -0.39 is 0 Å². The average molecular weight is 258 g/mol. The Labute approximate surface area is 115 Å². The molecule has 3 heteroatoms. The molecule has 1 amide bonds. The number of hydrogen-bond donors (Lipinski definition) is 1. The summed E-state index contributed by atoms with van der Waals surface area (Å²) >= 11 is 0. The Morgan fingerprint density at radius 3 is 2.79 bits per heavy atom. The largest absolute Gasteiger partial charge is 0.315 e. The van der Waals surface area contributed by atoms with Gasteiger partial charge in [-0.2, -0.15) is 0 Å². The molecule has 1 saturated heterocycles. The Kier molecular flexibility index (Phi) is 2.90. The standard InChI is InChI=1S/C16H22N2O/c1-11(2)18-13-7-4-6-12(3)14(13)16(15(18)19)8-5-9-17-10-16/h4,6-7,11,17H,5,8-10H2,1-3H3/t16-/m0/s1. The van der Waals surface area contributed by atoms with Crippen molar-refractivity contribution in [3.8, 4) is 0 Å². The van der Waals surface area contributed by atoms with Gasteiger partial charge in [-0.25, -0.2) is 0 Å². The van der Waals surface area contributed by atoms with E-state index in [1.54, 1.807) is 0 Å². The zero-order chi connectivity index (χ0) is 13.6. The fourth-order valence-corrected chi connectivity index (χ4v) is 3.74. The Morgan fingerprint density at radius 2 is 2.16 bits per heavy atom. The van der Waals surface area contributed by atoms with Crippen LogP contribution < -0.4 is 10.2 Å². The van der Waals surface area contributed by atoms with Crippen molar-refractivity contribution < 1.29 is 4.79 Å². The van der Waals surface area contributed by atoms with Crippen LogP contribution in [0.2, 0.25) is 0 Å². The van der Waals surface area contributed by atoms with Crippen LogP contribution in [-0.4, -0.2) is 25.0 Å². The maximum absolute atomic E-state index is 13.0. The maximum atomic E-state index is 13.0. The van der Waals surface area contributed by atoms with Crippen molar-refractivity contribution in [3.05, 3.63) is 29.3 Å². The number of carbonyl (C=O) groups excluding carboxylic acids is 1. The topological polar surface area (TPSA) is 32.3 Å². The Hall–Kier alpha value is -1.35. The fraction of sp³-hybridized carbons (Fsp3) is 0.562. The fourth-order valence-electron chi connectivity index (χ4n) is 3.74. The number of fused-ring (bicyclic) bond motifs is 2. The molecule has 1 aromatic carbocycles. The first kappa shape index (κ1) is 12.7. The van der Waals surface area contributed by atoms with Gasteiger partial charge in [0.2, 0.25) is 5.91 Å². The van der Waals surface area contributed by atoms with Crippen LogP contribution in [0.5, 0.6) is 0 Å². The molecule has 3 nitrogen and oxygen atoms in total. The second kappa shape index (κ2) is 4.34. The highest BCUT2D eigenvalue weighted by Crippen LogP contribution is 2.47. The van der Waals surface area contributed by atoms with Crippen LogP contribution in [0.4, 0.5) is 5.69 Å². The van der Waals surface area contributed by atoms with Gasteiger partial charge in [-0.05, 0) is 57.4 Å². The highest BCUT2D eigenvalue weighted by molar-refractivity contribution is 6.09. The van der Waals surface area contributed by atoms with Gasteiger partial charge in [0, 0.05) is 18.3 Å². The number of rotatable bonds is 1. The highest BCUT2D eigenvalue weighted by atomic mass is 16.2. The second-order valence-electron chi connectivity index (χ2n) is 6.10. The van der Waals surface area contributed by atoms with Gasteiger partial charge in [0.25, 0.3) is 0 Å². The number of piperidine rings is 1. The third-order valence-electron chi connectivity index (χ3n) is 4.52. The minimum absolute atomic E-state index is 0.217. The molecule has 0 aliphatic carbocycles. The lowest BCUT2D eigenvalue weighted by Crippen LogP contribution is -2.51. The smallest absolute Gasteiger partial charge is 0.239 e. The van der Waals surface area contributed by atoms with Crippen molar-refractivity contribution in [2.24, 2.45) is 0 Å². The summed E-state index contributed by atoms with van der Waals surface area (Å²) in [5, 5.41) is 3.43. The van der Waals surface area contributed by atoms with E-state index >= 15 is 0 Å². The molecule has 2 aliphatic rings. The predicted octanol–water partition coefficient (Wildman–Crippen LogP) is 2.37. The highest BCUT2D eigenvalue weighted by Gasteiger charge is 2.52. The van der Waals surface area contributed by atoms with Crippen LogP contribution >= 0.6 is 0 Å². The van der Waals surface area contributed by atoms with Crippen molar-refractivity contribution in [2.45, 2.75) is 45.1 Å². The monoisotopic (exact) mass is 258 g/mol. The molecule has 2 aliphatic heterocycles. The summed E-state index contributed by atoms with van der Waals surface area (Å²) in [5.41, 5.74) is 3.32. The lowest BCUT2D eigenvalue weighted by molar-refractivity contribution is -0.124. The number of nitrogens with one attached hydrogen (secondary N) is 1. The molecule has 0 aromatic heterocycles. The predicted molar refractivity (Wildman–Crippen MR) is 77.6 cm³/mol. The van der Waals surface area contributed by atoms with Gasteiger partial charge >= 0.3 is 0 Å². The average Bonchev–Trinajstić information content (AvgIpc) is 2.62. The van der Waals surface area contributed by atoms with Gasteiger partial charge in [0.1, 0.15) is 0 Å². The first-order valence-corrected chi connectivity index (χ1v) is 7.22. The first-order chi connectivity index (χ1) is 9.08. The molecule has 0 saturated carbocycles.